The molecule has 2 N–H and O–H groups in total. The zero-order valence-corrected chi connectivity index (χ0v) is 9.46. The van der Waals surface area contributed by atoms with Gasteiger partial charge < -0.3 is 5.73 Å². The molecule has 0 aliphatic rings. The summed E-state index contributed by atoms with van der Waals surface area (Å²) >= 11 is 3.42. The van der Waals surface area contributed by atoms with Gasteiger partial charge in [-0.05, 0) is 29.3 Å². The van der Waals surface area contributed by atoms with Crippen molar-refractivity contribution in [3.8, 4) is 11.1 Å². The van der Waals surface area contributed by atoms with Crippen molar-refractivity contribution < 1.29 is 4.39 Å². The van der Waals surface area contributed by atoms with Crippen LogP contribution in [0.15, 0.2) is 46.9 Å². The van der Waals surface area contributed by atoms with Crippen molar-refractivity contribution in [3.05, 3.63) is 52.8 Å². The fraction of sp³-hybridized carbons (Fsp3) is 0. The smallest absolute Gasteiger partial charge is 0.146 e. The molecule has 0 spiro atoms. The number of nitrogen functional groups attached to an aromatic ring is 1. The normalized spacial score (nSPS) is 10.3. The second-order valence-electron chi connectivity index (χ2n) is 3.22. The first-order valence-corrected chi connectivity index (χ1v) is 5.28. The van der Waals surface area contributed by atoms with Gasteiger partial charge in [0.15, 0.2) is 0 Å². The van der Waals surface area contributed by atoms with E-state index in [0.29, 0.717) is 0 Å². The van der Waals surface area contributed by atoms with Crippen LogP contribution in [0.4, 0.5) is 10.1 Å². The molecule has 76 valence electrons. The number of hydrogen-bond acceptors (Lipinski definition) is 1. The Labute approximate surface area is 95.9 Å². The Morgan fingerprint density at radius 3 is 2.47 bits per heavy atom. The van der Waals surface area contributed by atoms with E-state index in [1.165, 1.54) is 6.07 Å². The van der Waals surface area contributed by atoms with E-state index >= 15 is 0 Å². The fourth-order valence-corrected chi connectivity index (χ4v) is 1.90. The van der Waals surface area contributed by atoms with E-state index in [-0.39, 0.29) is 11.5 Å². The summed E-state index contributed by atoms with van der Waals surface area (Å²) in [6.45, 7) is 0. The van der Waals surface area contributed by atoms with Crippen molar-refractivity contribution in [2.75, 3.05) is 5.73 Å². The van der Waals surface area contributed by atoms with Crippen LogP contribution >= 0.6 is 15.9 Å². The van der Waals surface area contributed by atoms with Crippen molar-refractivity contribution in [1.82, 2.24) is 0 Å². The lowest BCUT2D eigenvalue weighted by Gasteiger charge is -2.05. The van der Waals surface area contributed by atoms with Gasteiger partial charge in [-0.15, -0.1) is 0 Å². The second-order valence-corrected chi connectivity index (χ2v) is 4.07. The van der Waals surface area contributed by atoms with Crippen molar-refractivity contribution >= 4 is 21.6 Å². The predicted molar refractivity (Wildman–Crippen MR) is 63.9 cm³/mol. The largest absolute Gasteiger partial charge is 0.396 e. The molecule has 0 radical (unpaired) electrons. The van der Waals surface area contributed by atoms with E-state index in [1.54, 1.807) is 12.1 Å². The van der Waals surface area contributed by atoms with Gasteiger partial charge in [-0.1, -0.05) is 40.2 Å². The number of anilines is 1. The molecule has 0 saturated heterocycles. The van der Waals surface area contributed by atoms with Crippen molar-refractivity contribution in [1.29, 1.82) is 0 Å². The van der Waals surface area contributed by atoms with Crippen molar-refractivity contribution in [3.63, 3.8) is 0 Å². The Kier molecular flexibility index (Phi) is 2.73. The van der Waals surface area contributed by atoms with Gasteiger partial charge in [0.1, 0.15) is 5.82 Å². The molecular formula is C12H9BrFN. The third kappa shape index (κ3) is 2.02. The first kappa shape index (κ1) is 10.2. The first-order valence-electron chi connectivity index (χ1n) is 4.48. The summed E-state index contributed by atoms with van der Waals surface area (Å²) in [4.78, 5) is 0. The van der Waals surface area contributed by atoms with E-state index in [9.17, 15) is 4.39 Å². The molecule has 0 heterocycles. The third-order valence-electron chi connectivity index (χ3n) is 2.19. The summed E-state index contributed by atoms with van der Waals surface area (Å²) in [5.74, 6) is -0.386. The average molecular weight is 266 g/mol. The van der Waals surface area contributed by atoms with Crippen molar-refractivity contribution in [2.45, 2.75) is 0 Å². The standard InChI is InChI=1S/C12H9BrFN/c13-10-4-2-1-3-9(10)8-5-6-12(15)11(14)7-8/h1-7H,15H2. The minimum atomic E-state index is -0.386. The van der Waals surface area contributed by atoms with E-state index in [1.807, 2.05) is 24.3 Å². The lowest BCUT2D eigenvalue weighted by molar-refractivity contribution is 0.633. The van der Waals surface area contributed by atoms with Crippen LogP contribution in [0.5, 0.6) is 0 Å². The number of nitrogens with two attached hydrogens (primary N) is 1. The number of halogens is 2. The number of rotatable bonds is 1. The summed E-state index contributed by atoms with van der Waals surface area (Å²) in [7, 11) is 0. The summed E-state index contributed by atoms with van der Waals surface area (Å²) in [5.41, 5.74) is 7.36. The molecule has 0 aliphatic carbocycles. The molecule has 2 aromatic rings. The monoisotopic (exact) mass is 265 g/mol. The minimum Gasteiger partial charge on any atom is -0.396 e. The maximum atomic E-state index is 13.3. The SMILES string of the molecule is Nc1ccc(-c2ccccc2Br)cc1F. The van der Waals surface area contributed by atoms with Crippen LogP contribution in [-0.2, 0) is 0 Å². The molecule has 0 amide bonds. The highest BCUT2D eigenvalue weighted by molar-refractivity contribution is 9.10. The molecule has 2 rings (SSSR count). The molecule has 15 heavy (non-hydrogen) atoms. The van der Waals surface area contributed by atoms with Gasteiger partial charge in [-0.2, -0.15) is 0 Å². The molecule has 0 bridgehead atoms. The topological polar surface area (TPSA) is 26.0 Å². The summed E-state index contributed by atoms with van der Waals surface area (Å²) < 4.78 is 14.2. The van der Waals surface area contributed by atoms with Crippen LogP contribution < -0.4 is 5.73 Å². The molecule has 1 nitrogen and oxygen atoms in total. The van der Waals surface area contributed by atoms with Gasteiger partial charge in [0, 0.05) is 4.47 Å². The first-order chi connectivity index (χ1) is 7.18. The Balaban J connectivity index is 2.55. The average Bonchev–Trinajstić information content (AvgIpc) is 2.23. The molecule has 0 aliphatic heterocycles. The summed E-state index contributed by atoms with van der Waals surface area (Å²) in [6, 6.07) is 12.5. The predicted octanol–water partition coefficient (Wildman–Crippen LogP) is 3.84. The lowest BCUT2D eigenvalue weighted by atomic mass is 10.1. The van der Waals surface area contributed by atoms with Gasteiger partial charge in [0.2, 0.25) is 0 Å². The Morgan fingerprint density at radius 2 is 1.80 bits per heavy atom. The Hall–Kier alpha value is -1.35. The van der Waals surface area contributed by atoms with Gasteiger partial charge in [0.25, 0.3) is 0 Å². The van der Waals surface area contributed by atoms with E-state index < -0.39 is 0 Å². The summed E-state index contributed by atoms with van der Waals surface area (Å²) in [5, 5.41) is 0. The van der Waals surface area contributed by atoms with Crippen LogP contribution in [0, 0.1) is 5.82 Å². The molecular weight excluding hydrogens is 257 g/mol. The fourth-order valence-electron chi connectivity index (χ4n) is 1.39. The maximum Gasteiger partial charge on any atom is 0.146 e. The highest BCUT2D eigenvalue weighted by atomic mass is 79.9. The highest BCUT2D eigenvalue weighted by Gasteiger charge is 2.04. The van der Waals surface area contributed by atoms with Gasteiger partial charge in [-0.25, -0.2) is 4.39 Å². The molecule has 0 atom stereocenters. The lowest BCUT2D eigenvalue weighted by Crippen LogP contribution is -1.90. The Morgan fingerprint density at radius 1 is 1.07 bits per heavy atom. The van der Waals surface area contributed by atoms with Crippen LogP contribution in [0.25, 0.3) is 11.1 Å². The maximum absolute atomic E-state index is 13.3. The third-order valence-corrected chi connectivity index (χ3v) is 2.88. The van der Waals surface area contributed by atoms with Gasteiger partial charge in [-0.3, -0.25) is 0 Å². The Bertz CT molecular complexity index is 497. The van der Waals surface area contributed by atoms with Gasteiger partial charge in [0.05, 0.1) is 5.69 Å². The molecule has 0 saturated carbocycles. The molecule has 2 aromatic carbocycles. The second kappa shape index (κ2) is 4.03. The van der Waals surface area contributed by atoms with E-state index in [4.69, 9.17) is 5.73 Å². The van der Waals surface area contributed by atoms with Gasteiger partial charge >= 0.3 is 0 Å². The van der Waals surface area contributed by atoms with Crippen LogP contribution in [0.1, 0.15) is 0 Å². The van der Waals surface area contributed by atoms with Crippen LogP contribution in [0.3, 0.4) is 0 Å². The zero-order chi connectivity index (χ0) is 10.8. The molecule has 0 fully saturated rings. The van der Waals surface area contributed by atoms with E-state index in [2.05, 4.69) is 15.9 Å². The summed E-state index contributed by atoms with van der Waals surface area (Å²) in [6.07, 6.45) is 0. The van der Waals surface area contributed by atoms with Crippen LogP contribution in [0.2, 0.25) is 0 Å². The molecule has 3 heteroatoms. The molecule has 0 aromatic heterocycles. The van der Waals surface area contributed by atoms with E-state index in [0.717, 1.165) is 15.6 Å². The quantitative estimate of drug-likeness (QED) is 0.780. The number of hydrogen-bond donors (Lipinski definition) is 1. The number of benzene rings is 2. The highest BCUT2D eigenvalue weighted by Crippen LogP contribution is 2.29. The molecule has 0 unspecified atom stereocenters. The van der Waals surface area contributed by atoms with Crippen molar-refractivity contribution in [2.24, 2.45) is 0 Å². The van der Waals surface area contributed by atoms with Crippen LogP contribution in [-0.4, -0.2) is 0 Å². The minimum absolute atomic E-state index is 0.172. The zero-order valence-electron chi connectivity index (χ0n) is 7.87.